The van der Waals surface area contributed by atoms with Crippen LogP contribution in [-0.2, 0) is 9.59 Å². The molecule has 2 aromatic rings. The van der Waals surface area contributed by atoms with Crippen molar-refractivity contribution in [2.24, 2.45) is 0 Å². The van der Waals surface area contributed by atoms with Crippen LogP contribution in [0.25, 0.3) is 0 Å². The zero-order valence-electron chi connectivity index (χ0n) is 14.0. The summed E-state index contributed by atoms with van der Waals surface area (Å²) in [6.45, 7) is 0. The van der Waals surface area contributed by atoms with Gasteiger partial charge in [-0.05, 0) is 18.2 Å². The summed E-state index contributed by atoms with van der Waals surface area (Å²) < 4.78 is 13.1. The smallest absolute Gasteiger partial charge is 0.303 e. The van der Waals surface area contributed by atoms with Crippen LogP contribution in [0.1, 0.15) is 23.2 Å². The molecule has 0 aliphatic heterocycles. The number of benzene rings is 1. The first-order valence-electron chi connectivity index (χ1n) is 7.53. The average Bonchev–Trinajstić information content (AvgIpc) is 2.59. The summed E-state index contributed by atoms with van der Waals surface area (Å²) in [4.78, 5) is 53.6. The number of carbonyl (C=O) groups excluding carboxylic acids is 2. The molecule has 0 aliphatic rings. The van der Waals surface area contributed by atoms with E-state index in [-0.39, 0.29) is 35.1 Å². The molecule has 9 nitrogen and oxygen atoms in total. The molecular formula is C16H14ClFN4O5. The summed E-state index contributed by atoms with van der Waals surface area (Å²) in [7, 11) is 1.35. The van der Waals surface area contributed by atoms with Gasteiger partial charge in [0.25, 0.3) is 11.5 Å². The van der Waals surface area contributed by atoms with Crippen molar-refractivity contribution in [1.82, 2.24) is 9.97 Å². The number of hydrogen-bond donors (Lipinski definition) is 3. The Balaban J connectivity index is 2.17. The Hall–Kier alpha value is -3.27. The fraction of sp³-hybridized carbons (Fsp3) is 0.188. The van der Waals surface area contributed by atoms with Gasteiger partial charge in [0.2, 0.25) is 11.9 Å². The SMILES string of the molecule is CN(C(=O)c1cnc(NC(=O)CCC(=O)O)[nH]c1=O)c1ccc(F)cc1Cl. The summed E-state index contributed by atoms with van der Waals surface area (Å²) >= 11 is 5.91. The van der Waals surface area contributed by atoms with Gasteiger partial charge >= 0.3 is 5.97 Å². The molecule has 3 N–H and O–H groups in total. The summed E-state index contributed by atoms with van der Waals surface area (Å²) in [6.07, 6.45) is 0.281. The molecule has 2 rings (SSSR count). The minimum Gasteiger partial charge on any atom is -0.481 e. The molecule has 0 saturated heterocycles. The van der Waals surface area contributed by atoms with E-state index in [4.69, 9.17) is 16.7 Å². The van der Waals surface area contributed by atoms with Crippen LogP contribution >= 0.6 is 11.6 Å². The fourth-order valence-corrected chi connectivity index (χ4v) is 2.36. The van der Waals surface area contributed by atoms with Gasteiger partial charge in [-0.25, -0.2) is 9.37 Å². The molecule has 142 valence electrons. The molecular weight excluding hydrogens is 383 g/mol. The number of halogens is 2. The van der Waals surface area contributed by atoms with Crippen molar-refractivity contribution in [3.05, 3.63) is 51.2 Å². The van der Waals surface area contributed by atoms with Gasteiger partial charge in [0.05, 0.1) is 17.1 Å². The molecule has 0 saturated carbocycles. The zero-order chi connectivity index (χ0) is 20.1. The van der Waals surface area contributed by atoms with E-state index < -0.39 is 29.2 Å². The van der Waals surface area contributed by atoms with Crippen LogP contribution < -0.4 is 15.8 Å². The van der Waals surface area contributed by atoms with Crippen molar-refractivity contribution in [2.75, 3.05) is 17.3 Å². The number of aliphatic carboxylic acids is 1. The lowest BCUT2D eigenvalue weighted by atomic mass is 10.2. The van der Waals surface area contributed by atoms with Gasteiger partial charge in [0, 0.05) is 19.7 Å². The number of carbonyl (C=O) groups is 3. The van der Waals surface area contributed by atoms with Crippen LogP contribution in [0.5, 0.6) is 0 Å². The van der Waals surface area contributed by atoms with E-state index in [0.717, 1.165) is 23.2 Å². The number of H-pyrrole nitrogens is 1. The molecule has 2 amide bonds. The molecule has 0 aliphatic carbocycles. The largest absolute Gasteiger partial charge is 0.481 e. The van der Waals surface area contributed by atoms with Crippen molar-refractivity contribution >= 4 is 41.0 Å². The number of rotatable bonds is 6. The number of hydrogen-bond acceptors (Lipinski definition) is 5. The van der Waals surface area contributed by atoms with Crippen molar-refractivity contribution in [1.29, 1.82) is 0 Å². The van der Waals surface area contributed by atoms with Crippen LogP contribution in [0.15, 0.2) is 29.2 Å². The lowest BCUT2D eigenvalue weighted by Gasteiger charge is -2.18. The maximum Gasteiger partial charge on any atom is 0.303 e. The number of nitrogens with zero attached hydrogens (tertiary/aromatic N) is 2. The van der Waals surface area contributed by atoms with Gasteiger partial charge in [-0.15, -0.1) is 0 Å². The Morgan fingerprint density at radius 3 is 2.63 bits per heavy atom. The zero-order valence-corrected chi connectivity index (χ0v) is 14.7. The predicted molar refractivity (Wildman–Crippen MR) is 94.5 cm³/mol. The highest BCUT2D eigenvalue weighted by atomic mass is 35.5. The number of amides is 2. The van der Waals surface area contributed by atoms with Gasteiger partial charge in [-0.1, -0.05) is 11.6 Å². The van der Waals surface area contributed by atoms with Crippen molar-refractivity contribution in [2.45, 2.75) is 12.8 Å². The van der Waals surface area contributed by atoms with E-state index in [1.165, 1.54) is 13.1 Å². The van der Waals surface area contributed by atoms with Crippen molar-refractivity contribution < 1.29 is 23.9 Å². The highest BCUT2D eigenvalue weighted by molar-refractivity contribution is 6.34. The van der Waals surface area contributed by atoms with E-state index in [0.29, 0.717) is 0 Å². The third-order valence-electron chi connectivity index (χ3n) is 3.43. The predicted octanol–water partition coefficient (Wildman–Crippen LogP) is 1.64. The van der Waals surface area contributed by atoms with Gasteiger partial charge < -0.3 is 10.0 Å². The van der Waals surface area contributed by atoms with Gasteiger partial charge in [0.15, 0.2) is 0 Å². The van der Waals surface area contributed by atoms with Crippen molar-refractivity contribution in [3.63, 3.8) is 0 Å². The Bertz CT molecular complexity index is 962. The molecule has 1 aromatic heterocycles. The number of carboxylic acids is 1. The first-order valence-corrected chi connectivity index (χ1v) is 7.91. The van der Waals surface area contributed by atoms with Gasteiger partial charge in [-0.2, -0.15) is 0 Å². The Morgan fingerprint density at radius 2 is 2.04 bits per heavy atom. The number of aromatic nitrogens is 2. The standard InChI is InChI=1S/C16H14ClFN4O5/c1-22(11-3-2-8(18)6-10(11)17)15(27)9-7-19-16(21-14(9)26)20-12(23)4-5-13(24)25/h2-3,6-7H,4-5H2,1H3,(H,24,25)(H2,19,20,21,23,26). The molecule has 0 atom stereocenters. The maximum atomic E-state index is 13.1. The normalized spacial score (nSPS) is 10.3. The quantitative estimate of drug-likeness (QED) is 0.680. The third kappa shape index (κ3) is 5.11. The van der Waals surface area contributed by atoms with Crippen LogP contribution in [0.2, 0.25) is 5.02 Å². The lowest BCUT2D eigenvalue weighted by Crippen LogP contribution is -2.32. The summed E-state index contributed by atoms with van der Waals surface area (Å²) in [5, 5.41) is 10.7. The molecule has 0 radical (unpaired) electrons. The molecule has 0 bridgehead atoms. The fourth-order valence-electron chi connectivity index (χ4n) is 2.07. The lowest BCUT2D eigenvalue weighted by molar-refractivity contribution is -0.138. The average molecular weight is 397 g/mol. The second-order valence-electron chi connectivity index (χ2n) is 5.38. The second-order valence-corrected chi connectivity index (χ2v) is 5.78. The molecule has 11 heteroatoms. The summed E-state index contributed by atoms with van der Waals surface area (Å²) in [5.41, 5.74) is -0.969. The molecule has 0 spiro atoms. The highest BCUT2D eigenvalue weighted by Crippen LogP contribution is 2.26. The van der Waals surface area contributed by atoms with Crippen LogP contribution in [-0.4, -0.2) is 39.9 Å². The Kier molecular flexibility index (Phi) is 6.24. The first kappa shape index (κ1) is 20.0. The van der Waals surface area contributed by atoms with Crippen LogP contribution in [0.3, 0.4) is 0 Å². The van der Waals surface area contributed by atoms with Crippen molar-refractivity contribution in [3.8, 4) is 0 Å². The van der Waals surface area contributed by atoms with Gasteiger partial charge in [0.1, 0.15) is 11.4 Å². The number of anilines is 2. The second kappa shape index (κ2) is 8.41. The van der Waals surface area contributed by atoms with E-state index in [2.05, 4.69) is 15.3 Å². The van der Waals surface area contributed by atoms with Crippen LogP contribution in [0.4, 0.5) is 16.0 Å². The third-order valence-corrected chi connectivity index (χ3v) is 3.73. The summed E-state index contributed by atoms with van der Waals surface area (Å²) in [6, 6.07) is 3.43. The number of aromatic amines is 1. The topological polar surface area (TPSA) is 132 Å². The molecule has 0 fully saturated rings. The molecule has 1 aromatic carbocycles. The minimum absolute atomic E-state index is 0.0162. The van der Waals surface area contributed by atoms with E-state index in [1.807, 2.05) is 0 Å². The molecule has 0 unspecified atom stereocenters. The Morgan fingerprint density at radius 1 is 1.33 bits per heavy atom. The number of carboxylic acid groups (broad SMARTS) is 1. The maximum absolute atomic E-state index is 13.1. The molecule has 27 heavy (non-hydrogen) atoms. The van der Waals surface area contributed by atoms with E-state index in [9.17, 15) is 23.6 Å². The van der Waals surface area contributed by atoms with Crippen LogP contribution in [0, 0.1) is 5.82 Å². The molecule has 1 heterocycles. The van der Waals surface area contributed by atoms with E-state index in [1.54, 1.807) is 0 Å². The number of nitrogens with one attached hydrogen (secondary N) is 2. The van der Waals surface area contributed by atoms with E-state index >= 15 is 0 Å². The van der Waals surface area contributed by atoms with Gasteiger partial charge in [-0.3, -0.25) is 29.5 Å². The Labute approximate surface area is 156 Å². The monoisotopic (exact) mass is 396 g/mol. The first-order chi connectivity index (χ1) is 12.7. The summed E-state index contributed by atoms with van der Waals surface area (Å²) in [5.74, 6) is -3.35. The highest BCUT2D eigenvalue weighted by Gasteiger charge is 2.20. The minimum atomic E-state index is -1.14.